The van der Waals surface area contributed by atoms with Crippen molar-refractivity contribution in [3.05, 3.63) is 16.4 Å². The fraction of sp³-hybridized carbons (Fsp3) is 0.556. The minimum atomic E-state index is -0.567. The van der Waals surface area contributed by atoms with Crippen molar-refractivity contribution in [2.45, 2.75) is 6.42 Å². The molecule has 1 aromatic rings. The Bertz CT molecular complexity index is 434. The summed E-state index contributed by atoms with van der Waals surface area (Å²) in [5.74, 6) is 5.67. The quantitative estimate of drug-likeness (QED) is 0.384. The van der Waals surface area contributed by atoms with Gasteiger partial charge in [0.25, 0.3) is 0 Å². The van der Waals surface area contributed by atoms with Crippen LogP contribution in [0, 0.1) is 16.0 Å². The maximum atomic E-state index is 11.0. The van der Waals surface area contributed by atoms with Crippen molar-refractivity contribution in [2.75, 3.05) is 30.5 Å². The summed E-state index contributed by atoms with van der Waals surface area (Å²) in [7, 11) is 0. The molecule has 1 saturated heterocycles. The lowest BCUT2D eigenvalue weighted by atomic mass is 10.1. The molecule has 4 N–H and O–H groups in total. The fourth-order valence-electron chi connectivity index (χ4n) is 1.77. The number of hydrogen-bond donors (Lipinski definition) is 3. The molecule has 98 valence electrons. The lowest BCUT2D eigenvalue weighted by molar-refractivity contribution is -0.383. The molecule has 1 aromatic heterocycles. The van der Waals surface area contributed by atoms with E-state index in [1.807, 2.05) is 0 Å². The number of hydrogen-bond acceptors (Lipinski definition) is 8. The van der Waals surface area contributed by atoms with Crippen molar-refractivity contribution in [2.24, 2.45) is 11.8 Å². The Labute approximate surface area is 103 Å². The van der Waals surface area contributed by atoms with Crippen LogP contribution < -0.4 is 16.6 Å². The zero-order chi connectivity index (χ0) is 13.0. The van der Waals surface area contributed by atoms with Crippen LogP contribution in [0.2, 0.25) is 0 Å². The van der Waals surface area contributed by atoms with Crippen molar-refractivity contribution in [3.63, 3.8) is 0 Å². The molecule has 1 fully saturated rings. The first-order chi connectivity index (χ1) is 8.72. The second-order valence-electron chi connectivity index (χ2n) is 3.93. The Hall–Kier alpha value is -2.00. The molecule has 1 aliphatic rings. The summed E-state index contributed by atoms with van der Waals surface area (Å²) in [4.78, 5) is 18.0. The number of rotatable bonds is 5. The molecule has 0 bridgehead atoms. The van der Waals surface area contributed by atoms with Gasteiger partial charge in [0, 0.05) is 19.1 Å². The standard InChI is InChI=1S/C9H14N6O3/c10-14-9-7(15(16)17)8(12-5-13-9)11-3-6-1-2-18-4-6/h5-6H,1-4,10H2,(H2,11,12,13,14). The number of nitrogens with zero attached hydrogens (tertiary/aromatic N) is 3. The van der Waals surface area contributed by atoms with Gasteiger partial charge >= 0.3 is 5.69 Å². The third-order valence-corrected chi connectivity index (χ3v) is 2.72. The monoisotopic (exact) mass is 254 g/mol. The molecule has 18 heavy (non-hydrogen) atoms. The van der Waals surface area contributed by atoms with Crippen molar-refractivity contribution in [1.29, 1.82) is 0 Å². The van der Waals surface area contributed by atoms with Gasteiger partial charge in [-0.05, 0) is 6.42 Å². The van der Waals surface area contributed by atoms with E-state index in [2.05, 4.69) is 20.7 Å². The zero-order valence-electron chi connectivity index (χ0n) is 9.63. The summed E-state index contributed by atoms with van der Waals surface area (Å²) in [5, 5.41) is 13.9. The number of hydrazine groups is 1. The summed E-state index contributed by atoms with van der Waals surface area (Å²) in [6.07, 6.45) is 2.16. The predicted octanol–water partition coefficient (Wildman–Crippen LogP) is 0.119. The number of nitrogens with one attached hydrogen (secondary N) is 2. The molecule has 0 spiro atoms. The summed E-state index contributed by atoms with van der Waals surface area (Å²) in [5.41, 5.74) is 1.94. The van der Waals surface area contributed by atoms with Crippen LogP contribution in [0.25, 0.3) is 0 Å². The second-order valence-corrected chi connectivity index (χ2v) is 3.93. The van der Waals surface area contributed by atoms with Gasteiger partial charge in [0.05, 0.1) is 11.5 Å². The summed E-state index contributed by atoms with van der Waals surface area (Å²) < 4.78 is 5.23. The normalized spacial score (nSPS) is 18.6. The van der Waals surface area contributed by atoms with Gasteiger partial charge in [-0.2, -0.15) is 0 Å². The first-order valence-electron chi connectivity index (χ1n) is 5.50. The molecule has 1 unspecified atom stereocenters. The van der Waals surface area contributed by atoms with Crippen molar-refractivity contribution < 1.29 is 9.66 Å². The summed E-state index contributed by atoms with van der Waals surface area (Å²) >= 11 is 0. The van der Waals surface area contributed by atoms with Crippen LogP contribution in [0.3, 0.4) is 0 Å². The Kier molecular flexibility index (Phi) is 3.85. The van der Waals surface area contributed by atoms with Gasteiger partial charge in [0.15, 0.2) is 0 Å². The fourth-order valence-corrected chi connectivity index (χ4v) is 1.77. The minimum absolute atomic E-state index is 0.0137. The van der Waals surface area contributed by atoms with Gasteiger partial charge < -0.3 is 15.5 Å². The third-order valence-electron chi connectivity index (χ3n) is 2.72. The van der Waals surface area contributed by atoms with Crippen LogP contribution in [-0.2, 0) is 4.74 Å². The molecule has 1 atom stereocenters. The lowest BCUT2D eigenvalue weighted by Gasteiger charge is -2.10. The SMILES string of the molecule is NNc1ncnc(NCC2CCOC2)c1[N+](=O)[O-]. The van der Waals surface area contributed by atoms with E-state index in [9.17, 15) is 10.1 Å². The second kappa shape index (κ2) is 5.56. The average molecular weight is 254 g/mol. The van der Waals surface area contributed by atoms with E-state index >= 15 is 0 Å². The molecule has 1 aliphatic heterocycles. The Morgan fingerprint density at radius 1 is 1.56 bits per heavy atom. The summed E-state index contributed by atoms with van der Waals surface area (Å²) in [6, 6.07) is 0. The highest BCUT2D eigenvalue weighted by atomic mass is 16.6. The molecule has 9 nitrogen and oxygen atoms in total. The van der Waals surface area contributed by atoms with Crippen LogP contribution in [0.5, 0.6) is 0 Å². The number of nitro groups is 1. The van der Waals surface area contributed by atoms with Gasteiger partial charge in [-0.15, -0.1) is 0 Å². The van der Waals surface area contributed by atoms with Crippen molar-refractivity contribution in [3.8, 4) is 0 Å². The Morgan fingerprint density at radius 3 is 2.94 bits per heavy atom. The van der Waals surface area contributed by atoms with E-state index in [-0.39, 0.29) is 17.3 Å². The number of ether oxygens (including phenoxy) is 1. The van der Waals surface area contributed by atoms with Crippen molar-refractivity contribution in [1.82, 2.24) is 9.97 Å². The molecule has 2 rings (SSSR count). The molecule has 9 heteroatoms. The Morgan fingerprint density at radius 2 is 2.33 bits per heavy atom. The molecular formula is C9H14N6O3. The highest BCUT2D eigenvalue weighted by Gasteiger charge is 2.23. The molecule has 2 heterocycles. The van der Waals surface area contributed by atoms with E-state index < -0.39 is 4.92 Å². The lowest BCUT2D eigenvalue weighted by Crippen LogP contribution is -2.18. The largest absolute Gasteiger partial charge is 0.381 e. The number of nitrogen functional groups attached to an aromatic ring is 1. The third kappa shape index (κ3) is 2.63. The number of nitrogens with two attached hydrogens (primary N) is 1. The maximum absolute atomic E-state index is 11.0. The van der Waals surface area contributed by atoms with Crippen molar-refractivity contribution >= 4 is 17.3 Å². The van der Waals surface area contributed by atoms with E-state index in [1.54, 1.807) is 0 Å². The van der Waals surface area contributed by atoms with Crippen LogP contribution in [0.4, 0.5) is 17.3 Å². The van der Waals surface area contributed by atoms with Gasteiger partial charge in [-0.25, -0.2) is 15.8 Å². The highest BCUT2D eigenvalue weighted by Crippen LogP contribution is 2.28. The molecule has 0 radical (unpaired) electrons. The zero-order valence-corrected chi connectivity index (χ0v) is 9.63. The van der Waals surface area contributed by atoms with Crippen LogP contribution in [-0.4, -0.2) is 34.6 Å². The first kappa shape index (κ1) is 12.5. The number of aromatic nitrogens is 2. The van der Waals surface area contributed by atoms with Gasteiger partial charge in [-0.1, -0.05) is 0 Å². The smallest absolute Gasteiger partial charge is 0.354 e. The van der Waals surface area contributed by atoms with Gasteiger partial charge in [-0.3, -0.25) is 10.1 Å². The average Bonchev–Trinajstić information content (AvgIpc) is 2.88. The molecular weight excluding hydrogens is 240 g/mol. The molecule has 0 amide bonds. The molecule has 0 saturated carbocycles. The van der Waals surface area contributed by atoms with Crippen LogP contribution >= 0.6 is 0 Å². The van der Waals surface area contributed by atoms with E-state index in [0.29, 0.717) is 19.1 Å². The van der Waals surface area contributed by atoms with Crippen LogP contribution in [0.1, 0.15) is 6.42 Å². The first-order valence-corrected chi connectivity index (χ1v) is 5.50. The van der Waals surface area contributed by atoms with Crippen LogP contribution in [0.15, 0.2) is 6.33 Å². The predicted molar refractivity (Wildman–Crippen MR) is 63.9 cm³/mol. The topological polar surface area (TPSA) is 128 Å². The molecule has 0 aliphatic carbocycles. The number of anilines is 2. The van der Waals surface area contributed by atoms with Gasteiger partial charge in [0.1, 0.15) is 6.33 Å². The summed E-state index contributed by atoms with van der Waals surface area (Å²) in [6.45, 7) is 1.96. The van der Waals surface area contributed by atoms with E-state index in [0.717, 1.165) is 13.0 Å². The highest BCUT2D eigenvalue weighted by molar-refractivity contribution is 5.68. The Balaban J connectivity index is 2.13. The van der Waals surface area contributed by atoms with E-state index in [1.165, 1.54) is 6.33 Å². The minimum Gasteiger partial charge on any atom is -0.381 e. The maximum Gasteiger partial charge on any atom is 0.354 e. The van der Waals surface area contributed by atoms with Gasteiger partial charge in [0.2, 0.25) is 11.6 Å². The molecule has 0 aromatic carbocycles. The van der Waals surface area contributed by atoms with E-state index in [4.69, 9.17) is 10.6 Å².